The Labute approximate surface area is 182 Å². The van der Waals surface area contributed by atoms with Crippen molar-refractivity contribution in [2.24, 2.45) is 0 Å². The first-order valence-electron chi connectivity index (χ1n) is 9.71. The zero-order chi connectivity index (χ0) is 22.0. The van der Waals surface area contributed by atoms with Crippen LogP contribution in [-0.2, 0) is 0 Å². The molecule has 2 heterocycles. The van der Waals surface area contributed by atoms with E-state index in [4.69, 9.17) is 20.9 Å². The maximum absolute atomic E-state index is 13.2. The van der Waals surface area contributed by atoms with Gasteiger partial charge >= 0.3 is 0 Å². The average Bonchev–Trinajstić information content (AvgIpc) is 3.29. The van der Waals surface area contributed by atoms with Crippen LogP contribution in [0.15, 0.2) is 47.0 Å². The minimum Gasteiger partial charge on any atom is -0.497 e. The second kappa shape index (κ2) is 8.73. The number of likely N-dealkylation sites (tertiary alicyclic amines) is 1. The van der Waals surface area contributed by atoms with Crippen LogP contribution in [0.3, 0.4) is 0 Å². The van der Waals surface area contributed by atoms with Gasteiger partial charge in [-0.25, -0.2) is 0 Å². The number of nitro groups is 1. The zero-order valence-corrected chi connectivity index (χ0v) is 17.4. The van der Waals surface area contributed by atoms with E-state index in [9.17, 15) is 14.9 Å². The Morgan fingerprint density at radius 3 is 2.71 bits per heavy atom. The van der Waals surface area contributed by atoms with Gasteiger partial charge in [0.15, 0.2) is 0 Å². The van der Waals surface area contributed by atoms with Gasteiger partial charge in [-0.3, -0.25) is 14.9 Å². The molecule has 1 aromatic heterocycles. The fourth-order valence-electron chi connectivity index (χ4n) is 3.61. The summed E-state index contributed by atoms with van der Waals surface area (Å²) in [5.41, 5.74) is 0.801. The Balaban J connectivity index is 1.60. The minimum atomic E-state index is -0.553. The van der Waals surface area contributed by atoms with Gasteiger partial charge in [-0.15, -0.1) is 0 Å². The third kappa shape index (κ3) is 4.22. The molecule has 160 valence electrons. The van der Waals surface area contributed by atoms with E-state index < -0.39 is 11.0 Å². The Bertz CT molecular complexity index is 1120. The molecule has 0 aliphatic carbocycles. The smallest absolute Gasteiger partial charge is 0.270 e. The number of hydrogen-bond acceptors (Lipinski definition) is 7. The summed E-state index contributed by atoms with van der Waals surface area (Å²) in [5.74, 6) is 1.16. The third-order valence-corrected chi connectivity index (χ3v) is 5.55. The molecule has 2 aromatic carbocycles. The lowest BCUT2D eigenvalue weighted by molar-refractivity contribution is -0.384. The van der Waals surface area contributed by atoms with Crippen LogP contribution in [0.1, 0.15) is 41.6 Å². The fraction of sp³-hybridized carbons (Fsp3) is 0.286. The Morgan fingerprint density at radius 1 is 1.26 bits per heavy atom. The first kappa shape index (κ1) is 20.8. The number of aromatic nitrogens is 2. The normalized spacial score (nSPS) is 16.2. The van der Waals surface area contributed by atoms with E-state index in [2.05, 4.69) is 10.1 Å². The van der Waals surface area contributed by atoms with Crippen LogP contribution in [0.2, 0.25) is 5.02 Å². The number of ether oxygens (including phenoxy) is 1. The van der Waals surface area contributed by atoms with Crippen LogP contribution < -0.4 is 4.74 Å². The molecule has 1 atom stereocenters. The van der Waals surface area contributed by atoms with E-state index in [1.54, 1.807) is 24.1 Å². The molecule has 9 nitrogen and oxygen atoms in total. The summed E-state index contributed by atoms with van der Waals surface area (Å²) in [4.78, 5) is 29.7. The number of carbonyl (C=O) groups excluding carboxylic acids is 1. The van der Waals surface area contributed by atoms with Gasteiger partial charge in [-0.05, 0) is 49.6 Å². The number of halogens is 1. The second-order valence-electron chi connectivity index (χ2n) is 7.12. The molecule has 0 spiro atoms. The number of benzene rings is 2. The summed E-state index contributed by atoms with van der Waals surface area (Å²) in [6.45, 7) is 0.497. The molecule has 1 aliphatic rings. The molecule has 1 unspecified atom stereocenters. The van der Waals surface area contributed by atoms with E-state index in [0.29, 0.717) is 24.7 Å². The Kier molecular flexibility index (Phi) is 5.85. The summed E-state index contributed by atoms with van der Waals surface area (Å²) in [6.07, 6.45) is 2.40. The zero-order valence-electron chi connectivity index (χ0n) is 16.7. The highest BCUT2D eigenvalue weighted by Crippen LogP contribution is 2.34. The molecule has 31 heavy (non-hydrogen) atoms. The minimum absolute atomic E-state index is 0.0352. The number of hydrogen-bond donors (Lipinski definition) is 0. The number of rotatable bonds is 5. The number of nitrogens with zero attached hydrogens (tertiary/aromatic N) is 4. The number of amides is 1. The molecule has 1 saturated heterocycles. The Morgan fingerprint density at radius 2 is 2.03 bits per heavy atom. The van der Waals surface area contributed by atoms with Crippen LogP contribution in [0.5, 0.6) is 5.75 Å². The van der Waals surface area contributed by atoms with Gasteiger partial charge in [-0.1, -0.05) is 16.8 Å². The number of piperidine rings is 1. The van der Waals surface area contributed by atoms with E-state index in [0.717, 1.165) is 24.2 Å². The van der Waals surface area contributed by atoms with Crippen LogP contribution in [0.25, 0.3) is 11.4 Å². The predicted molar refractivity (Wildman–Crippen MR) is 112 cm³/mol. The molecule has 4 rings (SSSR count). The van der Waals surface area contributed by atoms with Crippen molar-refractivity contribution >= 4 is 23.2 Å². The molecule has 0 saturated carbocycles. The molecule has 1 amide bonds. The molecule has 0 N–H and O–H groups in total. The molecule has 10 heteroatoms. The molecule has 3 aromatic rings. The van der Waals surface area contributed by atoms with Gasteiger partial charge in [-0.2, -0.15) is 4.98 Å². The third-order valence-electron chi connectivity index (χ3n) is 5.23. The Hall–Kier alpha value is -3.46. The summed E-state index contributed by atoms with van der Waals surface area (Å²) in [5, 5.41) is 15.0. The second-order valence-corrected chi connectivity index (χ2v) is 7.52. The topological polar surface area (TPSA) is 112 Å². The van der Waals surface area contributed by atoms with E-state index >= 15 is 0 Å². The number of nitro benzene ring substituents is 1. The van der Waals surface area contributed by atoms with Gasteiger partial charge in [0.25, 0.3) is 11.6 Å². The maximum Gasteiger partial charge on any atom is 0.270 e. The monoisotopic (exact) mass is 442 g/mol. The van der Waals surface area contributed by atoms with Gasteiger partial charge < -0.3 is 14.2 Å². The highest BCUT2D eigenvalue weighted by atomic mass is 35.5. The first-order valence-corrected chi connectivity index (χ1v) is 10.1. The summed E-state index contributed by atoms with van der Waals surface area (Å²) in [6, 6.07) is 10.7. The van der Waals surface area contributed by atoms with Crippen molar-refractivity contribution in [3.63, 3.8) is 0 Å². The number of carbonyl (C=O) groups is 1. The highest BCUT2D eigenvalue weighted by molar-refractivity contribution is 6.34. The predicted octanol–water partition coefficient (Wildman–Crippen LogP) is 4.67. The van der Waals surface area contributed by atoms with Crippen molar-refractivity contribution in [2.75, 3.05) is 13.7 Å². The molecule has 1 fully saturated rings. The molecule has 1 aliphatic heterocycles. The van der Waals surface area contributed by atoms with E-state index in [1.807, 2.05) is 12.1 Å². The summed E-state index contributed by atoms with van der Waals surface area (Å²) < 4.78 is 10.7. The molecule has 0 bridgehead atoms. The van der Waals surface area contributed by atoms with Crippen molar-refractivity contribution in [2.45, 2.75) is 25.3 Å². The lowest BCUT2D eigenvalue weighted by Gasteiger charge is -2.33. The molecular formula is C21H19ClN4O5. The van der Waals surface area contributed by atoms with Crippen LogP contribution in [0, 0.1) is 10.1 Å². The maximum atomic E-state index is 13.2. The van der Waals surface area contributed by atoms with Gasteiger partial charge in [0.2, 0.25) is 11.7 Å². The first-order chi connectivity index (χ1) is 15.0. The quantitative estimate of drug-likeness (QED) is 0.416. The van der Waals surface area contributed by atoms with Crippen molar-refractivity contribution in [1.82, 2.24) is 15.0 Å². The van der Waals surface area contributed by atoms with Crippen LogP contribution >= 0.6 is 11.6 Å². The average molecular weight is 443 g/mol. The standard InChI is InChI=1S/C21H19ClN4O5/c1-30-15-8-5-13(6-9-15)19-23-20(31-24-19)18-4-2-3-11-25(18)21(27)16-10-7-14(26(28)29)12-17(16)22/h5-10,12,18H,2-4,11H2,1H3. The number of non-ortho nitro benzene ring substituents is 1. The molecular weight excluding hydrogens is 424 g/mol. The largest absolute Gasteiger partial charge is 0.497 e. The summed E-state index contributed by atoms with van der Waals surface area (Å²) in [7, 11) is 1.59. The highest BCUT2D eigenvalue weighted by Gasteiger charge is 2.33. The van der Waals surface area contributed by atoms with E-state index in [1.165, 1.54) is 18.2 Å². The van der Waals surface area contributed by atoms with Crippen LogP contribution in [0.4, 0.5) is 5.69 Å². The SMILES string of the molecule is COc1ccc(-c2noc(C3CCCCN3C(=O)c3ccc([N+](=O)[O-])cc3Cl)n2)cc1. The van der Waals surface area contributed by atoms with Gasteiger partial charge in [0.1, 0.15) is 11.8 Å². The van der Waals surface area contributed by atoms with Crippen molar-refractivity contribution < 1.29 is 19.0 Å². The number of methoxy groups -OCH3 is 1. The lowest BCUT2D eigenvalue weighted by Crippen LogP contribution is -2.38. The molecule has 0 radical (unpaired) electrons. The van der Waals surface area contributed by atoms with Crippen molar-refractivity contribution in [3.8, 4) is 17.1 Å². The van der Waals surface area contributed by atoms with Crippen molar-refractivity contribution in [3.05, 3.63) is 69.1 Å². The van der Waals surface area contributed by atoms with Crippen molar-refractivity contribution in [1.29, 1.82) is 0 Å². The summed E-state index contributed by atoms with van der Waals surface area (Å²) >= 11 is 6.18. The van der Waals surface area contributed by atoms with Gasteiger partial charge in [0, 0.05) is 24.2 Å². The van der Waals surface area contributed by atoms with Crippen LogP contribution in [-0.4, -0.2) is 39.5 Å². The van der Waals surface area contributed by atoms with Gasteiger partial charge in [0.05, 0.1) is 22.6 Å². The fourth-order valence-corrected chi connectivity index (χ4v) is 3.86. The lowest BCUT2D eigenvalue weighted by atomic mass is 10.0. The van der Waals surface area contributed by atoms with E-state index in [-0.39, 0.29) is 22.2 Å².